The van der Waals surface area contributed by atoms with E-state index in [1.54, 1.807) is 29.7 Å². The van der Waals surface area contributed by atoms with Crippen LogP contribution in [-0.2, 0) is 15.6 Å². The summed E-state index contributed by atoms with van der Waals surface area (Å²) in [5.41, 5.74) is 6.91. The zero-order valence-corrected chi connectivity index (χ0v) is 23.7. The van der Waals surface area contributed by atoms with Crippen LogP contribution >= 0.6 is 11.3 Å². The number of aromatic nitrogens is 2. The molecule has 0 amide bonds. The van der Waals surface area contributed by atoms with Crippen LogP contribution in [0.3, 0.4) is 0 Å². The summed E-state index contributed by atoms with van der Waals surface area (Å²) in [6, 6.07) is 15.5. The molecule has 0 bridgehead atoms. The van der Waals surface area contributed by atoms with Crippen LogP contribution < -0.4 is 10.2 Å². The molecule has 1 N–H and O–H groups in total. The number of nitrogens with zero attached hydrogens (tertiary/aromatic N) is 5. The van der Waals surface area contributed by atoms with Crippen LogP contribution in [0.2, 0.25) is 0 Å². The molecule has 0 saturated carbocycles. The third-order valence-electron chi connectivity index (χ3n) is 7.22. The molecule has 2 aliphatic heterocycles. The van der Waals surface area contributed by atoms with Crippen LogP contribution in [0.25, 0.3) is 11.1 Å². The molecule has 8 nitrogen and oxygen atoms in total. The van der Waals surface area contributed by atoms with Crippen LogP contribution in [-0.4, -0.2) is 54.7 Å². The zero-order chi connectivity index (χ0) is 27.2. The van der Waals surface area contributed by atoms with Gasteiger partial charge in [-0.2, -0.15) is 16.4 Å². The fourth-order valence-corrected chi connectivity index (χ4v) is 6.22. The molecule has 0 spiro atoms. The Balaban J connectivity index is 1.37. The second-order valence-corrected chi connectivity index (χ2v) is 12.7. The quantitative estimate of drug-likeness (QED) is 0.349. The summed E-state index contributed by atoms with van der Waals surface area (Å²) in [6.45, 7) is 7.09. The summed E-state index contributed by atoms with van der Waals surface area (Å²) in [5.74, 6) is -0.870. The molecule has 2 aromatic carbocycles. The van der Waals surface area contributed by atoms with Gasteiger partial charge in [0.25, 0.3) is 0 Å². The maximum Gasteiger partial charge on any atom is 0.224 e. The molecular weight excluding hydrogens is 528 g/mol. The highest BCUT2D eigenvalue weighted by Gasteiger charge is 2.34. The van der Waals surface area contributed by atoms with Gasteiger partial charge in [-0.15, -0.1) is 0 Å². The molecule has 4 aromatic rings. The van der Waals surface area contributed by atoms with E-state index in [-0.39, 0.29) is 0 Å². The highest BCUT2D eigenvalue weighted by molar-refractivity contribution is 7.90. The Morgan fingerprint density at radius 2 is 1.85 bits per heavy atom. The number of benzene rings is 2. The van der Waals surface area contributed by atoms with Crippen molar-refractivity contribution in [2.45, 2.75) is 24.5 Å². The van der Waals surface area contributed by atoms with Gasteiger partial charge in [0.2, 0.25) is 5.79 Å². The van der Waals surface area contributed by atoms with E-state index in [1.165, 1.54) is 6.26 Å². The molecule has 2 aromatic heterocycles. The van der Waals surface area contributed by atoms with E-state index in [0.717, 1.165) is 59.0 Å². The number of nitrogens with one attached hydrogen (secondary N) is 1. The predicted octanol–water partition coefficient (Wildman–Crippen LogP) is 5.22. The highest BCUT2D eigenvalue weighted by Crippen LogP contribution is 2.37. The fraction of sp³-hybridized carbons (Fsp3) is 0.241. The molecule has 2 aliphatic rings. The van der Waals surface area contributed by atoms with Gasteiger partial charge in [-0.05, 0) is 54.3 Å². The first-order valence-corrected chi connectivity index (χ1v) is 15.7. The number of hydrogen-bond donors (Lipinski definition) is 1. The third kappa shape index (κ3) is 4.86. The Kier molecular flexibility index (Phi) is 6.31. The number of hydrogen-bond acceptors (Lipinski definition) is 8. The standard InChI is InChI=1S/C29H30N6O2S2/c1-4-33-12-14-34(15-13-33)24-7-10-26-27(17-24)31-29(2,32-28(26)22-11-16-38-20-22)35-19-23(18-30-35)21-5-8-25(9-6-21)39(3,36)37/h5-12,14,16-20,31H,4,13,15H2,1-3H3. The minimum atomic E-state index is -3.25. The van der Waals surface area contributed by atoms with Crippen LogP contribution in [0.1, 0.15) is 25.0 Å². The van der Waals surface area contributed by atoms with E-state index >= 15 is 0 Å². The van der Waals surface area contributed by atoms with Crippen molar-refractivity contribution in [3.05, 3.63) is 95.2 Å². The lowest BCUT2D eigenvalue weighted by atomic mass is 9.99. The molecular formula is C29H30N6O2S2. The first-order valence-electron chi connectivity index (χ1n) is 12.8. The normalized spacial score (nSPS) is 19.0. The summed E-state index contributed by atoms with van der Waals surface area (Å²) in [6.07, 6.45) is 9.22. The van der Waals surface area contributed by atoms with Crippen molar-refractivity contribution in [3.8, 4) is 11.1 Å². The van der Waals surface area contributed by atoms with E-state index < -0.39 is 15.6 Å². The lowest BCUT2D eigenvalue weighted by molar-refractivity contribution is 0.348. The zero-order valence-electron chi connectivity index (χ0n) is 22.1. The van der Waals surface area contributed by atoms with Gasteiger partial charge in [-0.1, -0.05) is 12.1 Å². The number of thiophene rings is 1. The van der Waals surface area contributed by atoms with E-state index in [4.69, 9.17) is 4.99 Å². The number of sulfone groups is 1. The lowest BCUT2D eigenvalue weighted by Crippen LogP contribution is -2.41. The average Bonchev–Trinajstić information content (AvgIpc) is 3.65. The summed E-state index contributed by atoms with van der Waals surface area (Å²) >= 11 is 1.65. The Labute approximate surface area is 232 Å². The summed E-state index contributed by atoms with van der Waals surface area (Å²) < 4.78 is 25.6. The predicted molar refractivity (Wildman–Crippen MR) is 158 cm³/mol. The van der Waals surface area contributed by atoms with E-state index in [0.29, 0.717) is 4.90 Å². The van der Waals surface area contributed by atoms with Gasteiger partial charge in [-0.25, -0.2) is 18.1 Å². The van der Waals surface area contributed by atoms with Crippen LogP contribution in [0.15, 0.2) is 94.0 Å². The lowest BCUT2D eigenvalue weighted by Gasteiger charge is -2.36. The second-order valence-electron chi connectivity index (χ2n) is 9.94. The Hall–Kier alpha value is -3.89. The molecule has 10 heteroatoms. The number of rotatable bonds is 6. The average molecular weight is 559 g/mol. The van der Waals surface area contributed by atoms with Crippen LogP contribution in [0.4, 0.5) is 11.4 Å². The van der Waals surface area contributed by atoms with Crippen molar-refractivity contribution in [1.29, 1.82) is 0 Å². The van der Waals surface area contributed by atoms with Crippen molar-refractivity contribution in [3.63, 3.8) is 0 Å². The summed E-state index contributed by atoms with van der Waals surface area (Å²) in [4.78, 5) is 10.1. The van der Waals surface area contributed by atoms with Crippen LogP contribution in [0, 0.1) is 0 Å². The minimum absolute atomic E-state index is 0.294. The summed E-state index contributed by atoms with van der Waals surface area (Å²) in [7, 11) is -3.25. The Bertz CT molecular complexity index is 1670. The van der Waals surface area contributed by atoms with E-state index in [9.17, 15) is 8.42 Å². The highest BCUT2D eigenvalue weighted by atomic mass is 32.2. The third-order valence-corrected chi connectivity index (χ3v) is 9.03. The molecule has 6 rings (SSSR count). The molecule has 0 radical (unpaired) electrons. The molecule has 1 unspecified atom stereocenters. The van der Waals surface area contributed by atoms with Gasteiger partial charge >= 0.3 is 0 Å². The summed E-state index contributed by atoms with van der Waals surface area (Å²) in [5, 5.41) is 12.5. The molecule has 200 valence electrons. The Morgan fingerprint density at radius 1 is 1.03 bits per heavy atom. The first kappa shape index (κ1) is 25.4. The van der Waals surface area contributed by atoms with Gasteiger partial charge in [0, 0.05) is 84.9 Å². The molecule has 0 aliphatic carbocycles. The SMILES string of the molecule is CCN1C=CN(c2ccc3c(c2)NC(C)(n2cc(-c4ccc(S(C)(=O)=O)cc4)cn2)N=C3c2ccsc2)CC1. The topological polar surface area (TPSA) is 82.8 Å². The van der Waals surface area contributed by atoms with Crippen molar-refractivity contribution >= 4 is 38.3 Å². The number of aliphatic imine (C=N–C) groups is 1. The molecule has 1 atom stereocenters. The molecule has 0 fully saturated rings. The maximum absolute atomic E-state index is 11.9. The van der Waals surface area contributed by atoms with Crippen molar-refractivity contribution in [2.75, 3.05) is 36.1 Å². The number of likely N-dealkylation sites (N-methyl/N-ethyl adjacent to an activating group) is 1. The molecule has 0 saturated heterocycles. The van der Waals surface area contributed by atoms with E-state index in [1.807, 2.05) is 29.9 Å². The van der Waals surface area contributed by atoms with Gasteiger partial charge in [-0.3, -0.25) is 0 Å². The van der Waals surface area contributed by atoms with Gasteiger partial charge in [0.1, 0.15) is 0 Å². The minimum Gasteiger partial charge on any atom is -0.375 e. The largest absolute Gasteiger partial charge is 0.375 e. The van der Waals surface area contributed by atoms with Crippen molar-refractivity contribution < 1.29 is 8.42 Å². The smallest absolute Gasteiger partial charge is 0.224 e. The van der Waals surface area contributed by atoms with Gasteiger partial charge in [0.15, 0.2) is 9.84 Å². The van der Waals surface area contributed by atoms with Crippen LogP contribution in [0.5, 0.6) is 0 Å². The Morgan fingerprint density at radius 3 is 2.51 bits per heavy atom. The van der Waals surface area contributed by atoms with Gasteiger partial charge < -0.3 is 15.1 Å². The monoisotopic (exact) mass is 558 g/mol. The molecule has 4 heterocycles. The van der Waals surface area contributed by atoms with E-state index in [2.05, 4.69) is 74.6 Å². The molecule has 39 heavy (non-hydrogen) atoms. The number of fused-ring (bicyclic) bond motifs is 1. The van der Waals surface area contributed by atoms with Crippen molar-refractivity contribution in [2.24, 2.45) is 4.99 Å². The second kappa shape index (κ2) is 9.69. The fourth-order valence-electron chi connectivity index (χ4n) is 4.95. The first-order chi connectivity index (χ1) is 18.7. The van der Waals surface area contributed by atoms with Gasteiger partial charge in [0.05, 0.1) is 16.8 Å². The maximum atomic E-state index is 11.9. The number of anilines is 2. The van der Waals surface area contributed by atoms with Crippen molar-refractivity contribution in [1.82, 2.24) is 14.7 Å².